The molecule has 4 heterocycles. The Hall–Kier alpha value is -0.740. The van der Waals surface area contributed by atoms with Gasteiger partial charge >= 0.3 is 0 Å². The number of ether oxygens (including phenoxy) is 6. The standard InChI is InChI=1S/C39H62O12/c1-18-8-13-39(46-17-18)19(2)28-26(51-39)15-25-23-7-6-21-14-22(9-11-37(21,4)24(23)10-12-38(25,28)5)48-36-34(32(44)30(42)27(16-40)49-36)50-35-33(45)31(43)29(41)20(3)47-35/h6,18-20,22-36,40-45H,7-17H2,1-5H3. The number of hydrogen-bond acceptors (Lipinski definition) is 12. The zero-order valence-corrected chi connectivity index (χ0v) is 30.9. The van der Waals surface area contributed by atoms with E-state index in [0.717, 1.165) is 38.7 Å². The molecule has 4 saturated heterocycles. The topological polar surface area (TPSA) is 177 Å². The van der Waals surface area contributed by atoms with Crippen molar-refractivity contribution in [3.8, 4) is 0 Å². The van der Waals surface area contributed by atoms with Gasteiger partial charge in [-0.2, -0.15) is 0 Å². The number of allylic oxidation sites excluding steroid dienone is 1. The highest BCUT2D eigenvalue weighted by atomic mass is 16.8. The van der Waals surface area contributed by atoms with Crippen LogP contribution < -0.4 is 0 Å². The molecule has 4 aliphatic heterocycles. The summed E-state index contributed by atoms with van der Waals surface area (Å²) >= 11 is 0. The van der Waals surface area contributed by atoms with E-state index in [1.165, 1.54) is 31.8 Å². The van der Waals surface area contributed by atoms with E-state index in [9.17, 15) is 30.6 Å². The molecular formula is C39H62O12. The second-order valence-electron chi connectivity index (χ2n) is 18.3. The van der Waals surface area contributed by atoms with E-state index in [4.69, 9.17) is 28.4 Å². The van der Waals surface area contributed by atoms with Crippen LogP contribution in [0, 0.1) is 46.3 Å². The molecule has 51 heavy (non-hydrogen) atoms. The van der Waals surface area contributed by atoms with Gasteiger partial charge in [0.15, 0.2) is 18.4 Å². The van der Waals surface area contributed by atoms with Gasteiger partial charge in [0, 0.05) is 12.3 Å². The molecular weight excluding hydrogens is 660 g/mol. The predicted octanol–water partition coefficient (Wildman–Crippen LogP) is 2.39. The molecule has 8 aliphatic rings. The summed E-state index contributed by atoms with van der Waals surface area (Å²) < 4.78 is 37.6. The molecule has 12 heteroatoms. The highest BCUT2D eigenvalue weighted by Crippen LogP contribution is 2.70. The summed E-state index contributed by atoms with van der Waals surface area (Å²) in [5.74, 6) is 2.92. The van der Waals surface area contributed by atoms with Crippen LogP contribution in [0.15, 0.2) is 11.6 Å². The lowest BCUT2D eigenvalue weighted by Gasteiger charge is -2.58. The summed E-state index contributed by atoms with van der Waals surface area (Å²) in [6, 6.07) is 0. The van der Waals surface area contributed by atoms with E-state index in [1.54, 1.807) is 0 Å². The Morgan fingerprint density at radius 2 is 1.61 bits per heavy atom. The van der Waals surface area contributed by atoms with Crippen LogP contribution in [-0.2, 0) is 28.4 Å². The van der Waals surface area contributed by atoms with Gasteiger partial charge < -0.3 is 59.1 Å². The molecule has 21 atom stereocenters. The molecule has 4 aliphatic carbocycles. The molecule has 0 bridgehead atoms. The number of hydrogen-bond donors (Lipinski definition) is 6. The lowest BCUT2D eigenvalue weighted by Crippen LogP contribution is -2.64. The second-order valence-corrected chi connectivity index (χ2v) is 18.3. The van der Waals surface area contributed by atoms with Crippen LogP contribution in [0.1, 0.15) is 92.4 Å². The minimum atomic E-state index is -1.61. The maximum Gasteiger partial charge on any atom is 0.187 e. The summed E-state index contributed by atoms with van der Waals surface area (Å²) in [5.41, 5.74) is 1.70. The van der Waals surface area contributed by atoms with Crippen molar-refractivity contribution in [2.45, 2.75) is 172 Å². The van der Waals surface area contributed by atoms with Crippen molar-refractivity contribution >= 4 is 0 Å². The first kappa shape index (κ1) is 37.2. The second kappa shape index (κ2) is 13.5. The van der Waals surface area contributed by atoms with E-state index >= 15 is 0 Å². The minimum Gasteiger partial charge on any atom is -0.394 e. The lowest BCUT2D eigenvalue weighted by atomic mass is 9.47. The van der Waals surface area contributed by atoms with Gasteiger partial charge in [0.2, 0.25) is 0 Å². The Bertz CT molecular complexity index is 1300. The van der Waals surface area contributed by atoms with Gasteiger partial charge in [0.1, 0.15) is 42.7 Å². The number of aliphatic hydroxyl groups excluding tert-OH is 6. The molecule has 1 spiro atoms. The van der Waals surface area contributed by atoms with Crippen molar-refractivity contribution in [3.63, 3.8) is 0 Å². The lowest BCUT2D eigenvalue weighted by molar-refractivity contribution is -0.369. The maximum absolute atomic E-state index is 11.1. The molecule has 0 radical (unpaired) electrons. The quantitative estimate of drug-likeness (QED) is 0.229. The minimum absolute atomic E-state index is 0.0535. The Balaban J connectivity index is 0.964. The molecule has 6 N–H and O–H groups in total. The van der Waals surface area contributed by atoms with E-state index < -0.39 is 73.8 Å². The average Bonchev–Trinajstić information content (AvgIpc) is 3.56. The zero-order valence-electron chi connectivity index (χ0n) is 30.9. The third kappa shape index (κ3) is 5.84. The van der Waals surface area contributed by atoms with Crippen molar-refractivity contribution in [1.29, 1.82) is 0 Å². The molecule has 12 nitrogen and oxygen atoms in total. The van der Waals surface area contributed by atoms with E-state index in [0.29, 0.717) is 41.9 Å². The molecule has 0 aromatic rings. The molecule has 0 aromatic heterocycles. The average molecular weight is 723 g/mol. The summed E-state index contributed by atoms with van der Waals surface area (Å²) in [6.07, 6.45) is -1.68. The zero-order chi connectivity index (χ0) is 36.2. The van der Waals surface area contributed by atoms with E-state index in [2.05, 4.69) is 33.8 Å². The molecule has 0 aromatic carbocycles. The molecule has 290 valence electrons. The van der Waals surface area contributed by atoms with Crippen molar-refractivity contribution in [1.82, 2.24) is 0 Å². The van der Waals surface area contributed by atoms with E-state index in [1.807, 2.05) is 0 Å². The number of fused-ring (bicyclic) bond motifs is 7. The normalized spacial score (nSPS) is 58.4. The summed E-state index contributed by atoms with van der Waals surface area (Å²) in [5, 5.41) is 62.9. The summed E-state index contributed by atoms with van der Waals surface area (Å²) in [7, 11) is 0. The summed E-state index contributed by atoms with van der Waals surface area (Å²) in [6.45, 7) is 11.5. The maximum atomic E-state index is 11.1. The Kier molecular flexibility index (Phi) is 9.83. The largest absolute Gasteiger partial charge is 0.394 e. The first-order valence-electron chi connectivity index (χ1n) is 19.8. The van der Waals surface area contributed by atoms with Crippen molar-refractivity contribution in [3.05, 3.63) is 11.6 Å². The van der Waals surface area contributed by atoms with Gasteiger partial charge in [-0.3, -0.25) is 0 Å². The van der Waals surface area contributed by atoms with Crippen LogP contribution in [0.3, 0.4) is 0 Å². The molecule has 3 saturated carbocycles. The van der Waals surface area contributed by atoms with Crippen LogP contribution >= 0.6 is 0 Å². The van der Waals surface area contributed by atoms with E-state index in [-0.39, 0.29) is 23.0 Å². The Morgan fingerprint density at radius 3 is 2.33 bits per heavy atom. The van der Waals surface area contributed by atoms with Crippen LogP contribution in [0.4, 0.5) is 0 Å². The molecule has 21 unspecified atom stereocenters. The smallest absolute Gasteiger partial charge is 0.187 e. The van der Waals surface area contributed by atoms with Crippen LogP contribution in [-0.4, -0.2) is 123 Å². The third-order valence-electron chi connectivity index (χ3n) is 15.6. The SMILES string of the molecule is CC1CCC2(OC1)OC1CC3C4CC=C5CC(OC6OC(CO)C(O)C(O)C6OC6OC(C)C(O)C(O)C6O)CCC5(C)C4CCC3(C)C1C2C. The van der Waals surface area contributed by atoms with Crippen molar-refractivity contribution in [2.24, 2.45) is 46.3 Å². The van der Waals surface area contributed by atoms with Crippen molar-refractivity contribution < 1.29 is 59.1 Å². The van der Waals surface area contributed by atoms with Gasteiger partial charge in [0.25, 0.3) is 0 Å². The van der Waals surface area contributed by atoms with Gasteiger partial charge in [-0.15, -0.1) is 0 Å². The Labute approximate surface area is 301 Å². The van der Waals surface area contributed by atoms with Crippen molar-refractivity contribution in [2.75, 3.05) is 13.2 Å². The fourth-order valence-electron chi connectivity index (χ4n) is 12.5. The number of aliphatic hydroxyl groups is 6. The monoisotopic (exact) mass is 722 g/mol. The predicted molar refractivity (Wildman–Crippen MR) is 182 cm³/mol. The van der Waals surface area contributed by atoms with Gasteiger partial charge in [-0.25, -0.2) is 0 Å². The van der Waals surface area contributed by atoms with Gasteiger partial charge in [-0.1, -0.05) is 39.3 Å². The molecule has 0 amide bonds. The van der Waals surface area contributed by atoms with Crippen LogP contribution in [0.2, 0.25) is 0 Å². The Morgan fingerprint density at radius 1 is 0.824 bits per heavy atom. The fourth-order valence-corrected chi connectivity index (χ4v) is 12.5. The van der Waals surface area contributed by atoms with Crippen LogP contribution in [0.5, 0.6) is 0 Å². The van der Waals surface area contributed by atoms with Gasteiger partial charge in [-0.05, 0) is 98.7 Å². The first-order chi connectivity index (χ1) is 24.2. The van der Waals surface area contributed by atoms with Crippen LogP contribution in [0.25, 0.3) is 0 Å². The highest BCUT2D eigenvalue weighted by molar-refractivity contribution is 5.26. The highest BCUT2D eigenvalue weighted by Gasteiger charge is 2.68. The first-order valence-corrected chi connectivity index (χ1v) is 19.8. The third-order valence-corrected chi connectivity index (χ3v) is 15.6. The molecule has 8 rings (SSSR count). The molecule has 7 fully saturated rings. The number of rotatable bonds is 5. The summed E-state index contributed by atoms with van der Waals surface area (Å²) in [4.78, 5) is 0. The fraction of sp³-hybridized carbons (Fsp3) is 0.949. The van der Waals surface area contributed by atoms with Gasteiger partial charge in [0.05, 0.1) is 31.5 Å².